The lowest BCUT2D eigenvalue weighted by Crippen LogP contribution is -2.17. The molecule has 42 heavy (non-hydrogen) atoms. The van der Waals surface area contributed by atoms with E-state index in [0.29, 0.717) is 0 Å². The summed E-state index contributed by atoms with van der Waals surface area (Å²) in [6, 6.07) is 40.0. The Morgan fingerprint density at radius 1 is 0.643 bits per heavy atom. The van der Waals surface area contributed by atoms with Crippen molar-refractivity contribution in [2.75, 3.05) is 6.26 Å². The molecule has 0 radical (unpaired) electrons. The third-order valence-electron chi connectivity index (χ3n) is 7.62. The number of nitrogens with one attached hydrogen (secondary N) is 1. The fourth-order valence-corrected chi connectivity index (χ4v) is 8.63. The molecule has 7 rings (SSSR count). The highest BCUT2D eigenvalue weighted by Crippen LogP contribution is 2.72. The van der Waals surface area contributed by atoms with Gasteiger partial charge in [0.05, 0.1) is 33.8 Å². The Balaban J connectivity index is 1.49. The van der Waals surface area contributed by atoms with Crippen molar-refractivity contribution in [1.82, 2.24) is 20.3 Å². The number of aromatic nitrogens is 3. The van der Waals surface area contributed by atoms with Crippen LogP contribution in [-0.4, -0.2) is 21.2 Å². The minimum Gasteiger partial charge on any atom is -0.379 e. The second-order valence-corrected chi connectivity index (χ2v) is 13.4. The van der Waals surface area contributed by atoms with Gasteiger partial charge in [-0.15, -0.1) is 10.0 Å². The molecule has 2 unspecified atom stereocenters. The molecule has 0 fully saturated rings. The van der Waals surface area contributed by atoms with E-state index in [1.54, 1.807) is 0 Å². The van der Waals surface area contributed by atoms with Gasteiger partial charge in [0.25, 0.3) is 0 Å². The molecule has 0 spiro atoms. The maximum absolute atomic E-state index is 5.33. The summed E-state index contributed by atoms with van der Waals surface area (Å²) in [6.07, 6.45) is 12.4. The monoisotopic (exact) mass is 562 g/mol. The lowest BCUT2D eigenvalue weighted by atomic mass is 9.92. The second kappa shape index (κ2) is 11.1. The van der Waals surface area contributed by atoms with Gasteiger partial charge >= 0.3 is 0 Å². The van der Waals surface area contributed by atoms with Crippen LogP contribution in [0.4, 0.5) is 0 Å². The highest BCUT2D eigenvalue weighted by Gasteiger charge is 2.38. The van der Waals surface area contributed by atoms with Gasteiger partial charge in [0.1, 0.15) is 0 Å². The van der Waals surface area contributed by atoms with E-state index in [0.717, 1.165) is 27.8 Å². The number of allylic oxidation sites excluding steroid dienone is 4. The topological polar surface area (TPSA) is 50.7 Å². The van der Waals surface area contributed by atoms with Crippen LogP contribution in [0.1, 0.15) is 28.6 Å². The number of rotatable bonds is 6. The van der Waals surface area contributed by atoms with Crippen molar-refractivity contribution in [2.24, 2.45) is 0 Å². The zero-order valence-electron chi connectivity index (χ0n) is 23.3. The SMILES string of the molecule is CS1(c2cccc(-c3ccccn3)n2)C=C(c2ccccc2)C(c2ccccc2)=C1c1cccc(C2C=CC=CN2)n1. The number of dihydropyridines is 1. The molecule has 1 N–H and O–H groups in total. The normalized spacial score (nSPS) is 21.0. The molecule has 5 heteroatoms. The highest BCUT2D eigenvalue weighted by molar-refractivity contribution is 8.43. The summed E-state index contributed by atoms with van der Waals surface area (Å²) < 4.78 is 0. The summed E-state index contributed by atoms with van der Waals surface area (Å²) in [6.45, 7) is 0. The number of benzene rings is 2. The summed E-state index contributed by atoms with van der Waals surface area (Å²) in [5.41, 5.74) is 8.47. The van der Waals surface area contributed by atoms with Gasteiger partial charge in [-0.05, 0) is 77.0 Å². The van der Waals surface area contributed by atoms with E-state index in [-0.39, 0.29) is 6.04 Å². The lowest BCUT2D eigenvalue weighted by Gasteiger charge is -2.33. The summed E-state index contributed by atoms with van der Waals surface area (Å²) in [7, 11) is -1.79. The van der Waals surface area contributed by atoms with Gasteiger partial charge in [-0.25, -0.2) is 9.97 Å². The molecule has 5 aromatic rings. The fourth-order valence-electron chi connectivity index (χ4n) is 5.61. The predicted octanol–water partition coefficient (Wildman–Crippen LogP) is 8.67. The van der Waals surface area contributed by atoms with Crippen molar-refractivity contribution in [3.05, 3.63) is 174 Å². The Kier molecular flexibility index (Phi) is 6.86. The molecule has 5 heterocycles. The number of nitrogens with zero attached hydrogens (tertiary/aromatic N) is 3. The van der Waals surface area contributed by atoms with Crippen LogP contribution in [0.25, 0.3) is 27.4 Å². The van der Waals surface area contributed by atoms with Crippen LogP contribution in [0.5, 0.6) is 0 Å². The molecule has 204 valence electrons. The Hall–Kier alpha value is -5.00. The molecule has 2 atom stereocenters. The molecule has 4 nitrogen and oxygen atoms in total. The first kappa shape index (κ1) is 25.9. The first-order chi connectivity index (χ1) is 20.7. The van der Waals surface area contributed by atoms with Gasteiger partial charge in [-0.2, -0.15) is 0 Å². The zero-order valence-corrected chi connectivity index (χ0v) is 24.1. The predicted molar refractivity (Wildman–Crippen MR) is 175 cm³/mol. The summed E-state index contributed by atoms with van der Waals surface area (Å²) in [5.74, 6) is 0. The first-order valence-electron chi connectivity index (χ1n) is 14.0. The van der Waals surface area contributed by atoms with Crippen LogP contribution in [0.2, 0.25) is 0 Å². The molecule has 0 saturated heterocycles. The van der Waals surface area contributed by atoms with Gasteiger partial charge in [0, 0.05) is 16.7 Å². The maximum Gasteiger partial charge on any atom is 0.0899 e. The zero-order chi connectivity index (χ0) is 28.4. The van der Waals surface area contributed by atoms with Gasteiger partial charge in [-0.1, -0.05) is 91.0 Å². The standard InChI is InChI=1S/C37H30N4S/c1-42(35-23-13-21-33(41-35)31-19-9-11-25-39-31)26-29(27-14-4-2-5-15-27)36(28-16-6-3-7-17-28)37(42)34-22-12-20-32(40-34)30-18-8-10-24-38-30/h2-26,30,38H,1H3. The van der Waals surface area contributed by atoms with Gasteiger partial charge < -0.3 is 5.32 Å². The average Bonchev–Trinajstić information content (AvgIpc) is 3.41. The Morgan fingerprint density at radius 2 is 1.36 bits per heavy atom. The summed E-state index contributed by atoms with van der Waals surface area (Å²) in [4.78, 5) is 16.4. The molecule has 0 aliphatic carbocycles. The summed E-state index contributed by atoms with van der Waals surface area (Å²) >= 11 is 0. The van der Waals surface area contributed by atoms with Crippen molar-refractivity contribution in [3.63, 3.8) is 0 Å². The van der Waals surface area contributed by atoms with Crippen molar-refractivity contribution >= 4 is 26.1 Å². The fraction of sp³-hybridized carbons (Fsp3) is 0.0541. The Bertz CT molecular complexity index is 1860. The van der Waals surface area contributed by atoms with E-state index in [9.17, 15) is 0 Å². The average molecular weight is 563 g/mol. The smallest absolute Gasteiger partial charge is 0.0899 e. The first-order valence-corrected chi connectivity index (χ1v) is 16.1. The molecule has 0 bridgehead atoms. The third-order valence-corrected chi connectivity index (χ3v) is 10.7. The van der Waals surface area contributed by atoms with Gasteiger partial charge in [0.2, 0.25) is 0 Å². The maximum atomic E-state index is 5.33. The quantitative estimate of drug-likeness (QED) is 0.225. The second-order valence-electron chi connectivity index (χ2n) is 10.4. The molecular formula is C37H30N4S. The number of hydrogen-bond donors (Lipinski definition) is 1. The van der Waals surface area contributed by atoms with Gasteiger partial charge in [-0.3, -0.25) is 4.98 Å². The minimum absolute atomic E-state index is 0.0190. The molecule has 2 aromatic carbocycles. The van der Waals surface area contributed by atoms with E-state index in [4.69, 9.17) is 9.97 Å². The van der Waals surface area contributed by atoms with Crippen LogP contribution in [0.15, 0.2) is 156 Å². The largest absolute Gasteiger partial charge is 0.379 e. The van der Waals surface area contributed by atoms with E-state index >= 15 is 0 Å². The Morgan fingerprint density at radius 3 is 2.10 bits per heavy atom. The third kappa shape index (κ3) is 4.78. The van der Waals surface area contributed by atoms with Crippen molar-refractivity contribution in [1.29, 1.82) is 0 Å². The molecule has 3 aromatic heterocycles. The van der Waals surface area contributed by atoms with Crippen LogP contribution in [0, 0.1) is 0 Å². The summed E-state index contributed by atoms with van der Waals surface area (Å²) in [5, 5.41) is 6.93. The lowest BCUT2D eigenvalue weighted by molar-refractivity contribution is 0.720. The van der Waals surface area contributed by atoms with Crippen molar-refractivity contribution in [3.8, 4) is 11.4 Å². The highest BCUT2D eigenvalue weighted by atomic mass is 32.3. The van der Waals surface area contributed by atoms with E-state index in [1.165, 1.54) is 27.2 Å². The van der Waals surface area contributed by atoms with Crippen LogP contribution in [-0.2, 0) is 0 Å². The molecule has 0 amide bonds. The van der Waals surface area contributed by atoms with E-state index < -0.39 is 10.0 Å². The van der Waals surface area contributed by atoms with Crippen LogP contribution >= 0.6 is 10.0 Å². The van der Waals surface area contributed by atoms with Crippen molar-refractivity contribution < 1.29 is 0 Å². The number of hydrogen-bond acceptors (Lipinski definition) is 4. The van der Waals surface area contributed by atoms with Crippen LogP contribution in [0.3, 0.4) is 0 Å². The molecule has 2 aliphatic rings. The van der Waals surface area contributed by atoms with E-state index in [2.05, 4.69) is 125 Å². The van der Waals surface area contributed by atoms with Gasteiger partial charge in [0.15, 0.2) is 0 Å². The Labute approximate surface area is 248 Å². The number of pyridine rings is 3. The van der Waals surface area contributed by atoms with E-state index in [1.807, 2.05) is 42.7 Å². The minimum atomic E-state index is -1.79. The van der Waals surface area contributed by atoms with Crippen molar-refractivity contribution in [2.45, 2.75) is 11.1 Å². The molecular weight excluding hydrogens is 533 g/mol. The molecule has 0 saturated carbocycles. The molecule has 2 aliphatic heterocycles. The van der Waals surface area contributed by atoms with Crippen LogP contribution < -0.4 is 5.32 Å².